The van der Waals surface area contributed by atoms with Gasteiger partial charge in [-0.15, -0.1) is 10.2 Å². The predicted octanol–water partition coefficient (Wildman–Crippen LogP) is 5.41. The lowest BCUT2D eigenvalue weighted by molar-refractivity contribution is -0.113. The maximum Gasteiger partial charge on any atom is 0.337 e. The molecule has 0 unspecified atom stereocenters. The fourth-order valence-electron chi connectivity index (χ4n) is 3.25. The number of carbonyl (C=O) groups is 2. The number of hydrogen-bond acceptors (Lipinski definition) is 6. The molecule has 0 aliphatic carbocycles. The van der Waals surface area contributed by atoms with E-state index in [4.69, 9.17) is 16.3 Å². The highest BCUT2D eigenvalue weighted by molar-refractivity contribution is 7.99. The molecule has 1 N–H and O–H groups in total. The number of thioether (sulfide) groups is 1. The average molecular weight is 493 g/mol. The van der Waals surface area contributed by atoms with Crippen LogP contribution in [-0.2, 0) is 9.53 Å². The van der Waals surface area contributed by atoms with E-state index in [1.54, 1.807) is 0 Å². The SMILES string of the molecule is COC(=O)c1ccc(Cl)c(NC(=O)CSc2nnc(-c3ccccc3)n2-c2ccc(C)cc2)c1. The molecule has 4 rings (SSSR count). The van der Waals surface area contributed by atoms with Crippen molar-refractivity contribution >= 4 is 40.9 Å². The van der Waals surface area contributed by atoms with Gasteiger partial charge in [-0.25, -0.2) is 4.79 Å². The summed E-state index contributed by atoms with van der Waals surface area (Å²) in [5.74, 6) is -0.0617. The number of esters is 1. The summed E-state index contributed by atoms with van der Waals surface area (Å²) in [5.41, 5.74) is 3.57. The summed E-state index contributed by atoms with van der Waals surface area (Å²) in [7, 11) is 1.29. The smallest absolute Gasteiger partial charge is 0.337 e. The van der Waals surface area contributed by atoms with Crippen molar-refractivity contribution in [3.63, 3.8) is 0 Å². The highest BCUT2D eigenvalue weighted by Crippen LogP contribution is 2.29. The molecule has 4 aromatic rings. The number of methoxy groups -OCH3 is 1. The molecule has 34 heavy (non-hydrogen) atoms. The van der Waals surface area contributed by atoms with E-state index in [0.717, 1.165) is 16.8 Å². The van der Waals surface area contributed by atoms with Crippen molar-refractivity contribution in [2.45, 2.75) is 12.1 Å². The second-order valence-electron chi connectivity index (χ2n) is 7.37. The molecule has 1 heterocycles. The van der Waals surface area contributed by atoms with E-state index in [-0.39, 0.29) is 11.7 Å². The van der Waals surface area contributed by atoms with Gasteiger partial charge in [-0.1, -0.05) is 71.4 Å². The van der Waals surface area contributed by atoms with Crippen molar-refractivity contribution in [2.24, 2.45) is 0 Å². The molecule has 0 spiro atoms. The molecule has 172 valence electrons. The first kappa shape index (κ1) is 23.5. The summed E-state index contributed by atoms with van der Waals surface area (Å²) in [6, 6.07) is 22.3. The third-order valence-corrected chi connectivity index (χ3v) is 6.21. The van der Waals surface area contributed by atoms with Crippen LogP contribution in [0.4, 0.5) is 5.69 Å². The normalized spacial score (nSPS) is 10.7. The molecule has 1 aromatic heterocycles. The standard InChI is InChI=1S/C25H21ClN4O3S/c1-16-8-11-19(12-9-16)30-23(17-6-4-3-5-7-17)28-29-25(30)34-15-22(31)27-21-14-18(24(32)33-2)10-13-20(21)26/h3-14H,15H2,1-2H3,(H,27,31). The van der Waals surface area contributed by atoms with E-state index in [1.165, 1.54) is 37.1 Å². The summed E-state index contributed by atoms with van der Waals surface area (Å²) < 4.78 is 6.65. The maximum atomic E-state index is 12.7. The quantitative estimate of drug-likeness (QED) is 0.274. The van der Waals surface area contributed by atoms with Crippen molar-refractivity contribution in [2.75, 3.05) is 18.2 Å². The molecule has 0 saturated carbocycles. The zero-order chi connectivity index (χ0) is 24.1. The van der Waals surface area contributed by atoms with Crippen LogP contribution in [0.3, 0.4) is 0 Å². The minimum atomic E-state index is -0.513. The van der Waals surface area contributed by atoms with Crippen molar-refractivity contribution < 1.29 is 14.3 Å². The van der Waals surface area contributed by atoms with E-state index in [2.05, 4.69) is 15.5 Å². The van der Waals surface area contributed by atoms with Crippen LogP contribution in [0.25, 0.3) is 17.1 Å². The van der Waals surface area contributed by atoms with Crippen LogP contribution in [-0.4, -0.2) is 39.5 Å². The monoisotopic (exact) mass is 492 g/mol. The lowest BCUT2D eigenvalue weighted by atomic mass is 10.2. The van der Waals surface area contributed by atoms with E-state index >= 15 is 0 Å². The number of aryl methyl sites for hydroxylation is 1. The van der Waals surface area contributed by atoms with Crippen LogP contribution in [0.1, 0.15) is 15.9 Å². The molecule has 0 fully saturated rings. The number of amides is 1. The van der Waals surface area contributed by atoms with Crippen molar-refractivity contribution in [1.29, 1.82) is 0 Å². The third-order valence-electron chi connectivity index (χ3n) is 4.95. The Morgan fingerprint density at radius 2 is 1.76 bits per heavy atom. The fourth-order valence-corrected chi connectivity index (χ4v) is 4.16. The molecule has 0 aliphatic rings. The Kier molecular flexibility index (Phi) is 7.30. The van der Waals surface area contributed by atoms with Gasteiger partial charge in [-0.2, -0.15) is 0 Å². The Morgan fingerprint density at radius 3 is 2.47 bits per heavy atom. The molecular formula is C25H21ClN4O3S. The Balaban J connectivity index is 1.56. The first-order valence-corrected chi connectivity index (χ1v) is 11.7. The maximum absolute atomic E-state index is 12.7. The molecule has 0 bridgehead atoms. The Labute approximate surface area is 206 Å². The van der Waals surface area contributed by atoms with Crippen LogP contribution >= 0.6 is 23.4 Å². The number of ether oxygens (including phenoxy) is 1. The van der Waals surface area contributed by atoms with Crippen LogP contribution in [0.2, 0.25) is 5.02 Å². The van der Waals surface area contributed by atoms with Gasteiger partial charge in [-0.3, -0.25) is 9.36 Å². The van der Waals surface area contributed by atoms with E-state index in [1.807, 2.05) is 66.1 Å². The van der Waals surface area contributed by atoms with Crippen molar-refractivity contribution in [1.82, 2.24) is 14.8 Å². The number of anilines is 1. The van der Waals surface area contributed by atoms with Gasteiger partial charge in [-0.05, 0) is 37.3 Å². The van der Waals surface area contributed by atoms with Crippen LogP contribution < -0.4 is 5.32 Å². The van der Waals surface area contributed by atoms with Crippen LogP contribution in [0.15, 0.2) is 78.0 Å². The van der Waals surface area contributed by atoms with Crippen LogP contribution in [0, 0.1) is 6.92 Å². The van der Waals surface area contributed by atoms with Crippen LogP contribution in [0.5, 0.6) is 0 Å². The van der Waals surface area contributed by atoms with Crippen molar-refractivity contribution in [3.8, 4) is 17.1 Å². The highest BCUT2D eigenvalue weighted by Gasteiger charge is 2.18. The second-order valence-corrected chi connectivity index (χ2v) is 8.72. The number of hydrogen-bond donors (Lipinski definition) is 1. The number of nitrogens with zero attached hydrogens (tertiary/aromatic N) is 3. The largest absolute Gasteiger partial charge is 0.465 e. The summed E-state index contributed by atoms with van der Waals surface area (Å²) in [5, 5.41) is 12.4. The summed E-state index contributed by atoms with van der Waals surface area (Å²) >= 11 is 7.45. The van der Waals surface area contributed by atoms with Gasteiger partial charge in [0.15, 0.2) is 11.0 Å². The Hall–Kier alpha value is -3.62. The number of carbonyl (C=O) groups excluding carboxylic acids is 2. The minimum Gasteiger partial charge on any atom is -0.465 e. The minimum absolute atomic E-state index is 0.0670. The molecule has 0 atom stereocenters. The topological polar surface area (TPSA) is 86.1 Å². The third kappa shape index (κ3) is 5.30. The number of halogens is 1. The van der Waals surface area contributed by atoms with Gasteiger partial charge < -0.3 is 10.1 Å². The average Bonchev–Trinajstić information content (AvgIpc) is 3.28. The fraction of sp³-hybridized carbons (Fsp3) is 0.120. The van der Waals surface area contributed by atoms with Gasteiger partial charge in [0, 0.05) is 11.3 Å². The zero-order valence-corrected chi connectivity index (χ0v) is 20.1. The van der Waals surface area contributed by atoms with Gasteiger partial charge in [0.25, 0.3) is 0 Å². The first-order chi connectivity index (χ1) is 16.5. The van der Waals surface area contributed by atoms with Gasteiger partial charge in [0.1, 0.15) is 0 Å². The number of rotatable bonds is 7. The summed E-state index contributed by atoms with van der Waals surface area (Å²) in [4.78, 5) is 24.5. The van der Waals surface area contributed by atoms with E-state index < -0.39 is 5.97 Å². The Bertz CT molecular complexity index is 1320. The lowest BCUT2D eigenvalue weighted by Crippen LogP contribution is -2.15. The summed E-state index contributed by atoms with van der Waals surface area (Å²) in [6.45, 7) is 2.02. The molecule has 0 saturated heterocycles. The molecule has 9 heteroatoms. The van der Waals surface area contributed by atoms with E-state index in [9.17, 15) is 9.59 Å². The molecule has 3 aromatic carbocycles. The van der Waals surface area contributed by atoms with Gasteiger partial charge in [0.2, 0.25) is 5.91 Å². The summed E-state index contributed by atoms with van der Waals surface area (Å²) in [6.07, 6.45) is 0. The van der Waals surface area contributed by atoms with E-state index in [0.29, 0.717) is 27.3 Å². The molecule has 1 amide bonds. The second kappa shape index (κ2) is 10.5. The number of nitrogens with one attached hydrogen (secondary N) is 1. The highest BCUT2D eigenvalue weighted by atomic mass is 35.5. The molecular weight excluding hydrogens is 472 g/mol. The predicted molar refractivity (Wildman–Crippen MR) is 134 cm³/mol. The Morgan fingerprint density at radius 1 is 1.03 bits per heavy atom. The zero-order valence-electron chi connectivity index (χ0n) is 18.5. The van der Waals surface area contributed by atoms with Gasteiger partial charge in [0.05, 0.1) is 29.1 Å². The van der Waals surface area contributed by atoms with Gasteiger partial charge >= 0.3 is 5.97 Å². The molecule has 0 aliphatic heterocycles. The van der Waals surface area contributed by atoms with Crippen molar-refractivity contribution in [3.05, 3.63) is 88.9 Å². The molecule has 0 radical (unpaired) electrons. The molecule has 7 nitrogen and oxygen atoms in total. The lowest BCUT2D eigenvalue weighted by Gasteiger charge is -2.11. The number of aromatic nitrogens is 3. The first-order valence-electron chi connectivity index (χ1n) is 10.3. The number of benzene rings is 3.